The van der Waals surface area contributed by atoms with Gasteiger partial charge in [-0.1, -0.05) is 0 Å². The average Bonchev–Trinajstić information content (AvgIpc) is 2.36. The first-order valence-corrected chi connectivity index (χ1v) is 5.18. The van der Waals surface area contributed by atoms with Crippen LogP contribution in [0.3, 0.4) is 0 Å². The summed E-state index contributed by atoms with van der Waals surface area (Å²) in [6, 6.07) is 5.40. The van der Waals surface area contributed by atoms with Crippen molar-refractivity contribution in [2.24, 2.45) is 5.41 Å². The molecule has 0 radical (unpaired) electrons. The van der Waals surface area contributed by atoms with E-state index in [0.717, 1.165) is 0 Å². The molecule has 0 bridgehead atoms. The molecule has 0 aliphatic carbocycles. The molecule has 0 spiro atoms. The minimum atomic E-state index is -0.592. The zero-order chi connectivity index (χ0) is 12.9. The third kappa shape index (κ3) is 3.45. The first-order chi connectivity index (χ1) is 8.00. The van der Waals surface area contributed by atoms with Crippen LogP contribution in [0.5, 0.6) is 5.88 Å². The van der Waals surface area contributed by atoms with Gasteiger partial charge in [0.05, 0.1) is 18.6 Å². The number of ether oxygens (including phenoxy) is 1. The Labute approximate surface area is 100 Å². The number of aromatic nitrogens is 1. The Morgan fingerprint density at radius 3 is 2.94 bits per heavy atom. The normalized spacial score (nSPS) is 10.5. The van der Waals surface area contributed by atoms with Crippen molar-refractivity contribution in [3.05, 3.63) is 23.9 Å². The number of nitrogens with one attached hydrogen (secondary N) is 1. The number of amides is 1. The van der Waals surface area contributed by atoms with Crippen molar-refractivity contribution in [1.82, 2.24) is 10.3 Å². The van der Waals surface area contributed by atoms with E-state index in [9.17, 15) is 4.79 Å². The largest absolute Gasteiger partial charge is 0.480 e. The predicted octanol–water partition coefficient (Wildman–Crippen LogP) is 1.37. The Balaban J connectivity index is 2.75. The van der Waals surface area contributed by atoms with Crippen LogP contribution in [0, 0.1) is 16.7 Å². The highest BCUT2D eigenvalue weighted by atomic mass is 16.5. The van der Waals surface area contributed by atoms with Crippen molar-refractivity contribution in [1.29, 1.82) is 5.26 Å². The Kier molecular flexibility index (Phi) is 4.05. The van der Waals surface area contributed by atoms with Crippen LogP contribution in [0.25, 0.3) is 0 Å². The maximum atomic E-state index is 11.8. The summed E-state index contributed by atoms with van der Waals surface area (Å²) >= 11 is 0. The van der Waals surface area contributed by atoms with Crippen LogP contribution >= 0.6 is 0 Å². The van der Waals surface area contributed by atoms with E-state index in [1.54, 1.807) is 32.2 Å². The summed E-state index contributed by atoms with van der Waals surface area (Å²) in [5.74, 6) is -0.0157. The van der Waals surface area contributed by atoms with Gasteiger partial charge in [0.2, 0.25) is 5.88 Å². The summed E-state index contributed by atoms with van der Waals surface area (Å²) in [5.41, 5.74) is -0.228. The number of methoxy groups -OCH3 is 1. The zero-order valence-corrected chi connectivity index (χ0v) is 10.2. The number of hydrogen-bond acceptors (Lipinski definition) is 4. The third-order valence-corrected chi connectivity index (χ3v) is 2.20. The van der Waals surface area contributed by atoms with Crippen LogP contribution in [-0.4, -0.2) is 24.5 Å². The number of carbonyl (C=O) groups is 1. The summed E-state index contributed by atoms with van der Waals surface area (Å²) in [4.78, 5) is 15.8. The van der Waals surface area contributed by atoms with Crippen molar-refractivity contribution in [2.75, 3.05) is 13.7 Å². The highest BCUT2D eigenvalue weighted by Crippen LogP contribution is 2.15. The molecular formula is C12H15N3O2. The molecule has 1 amide bonds. The van der Waals surface area contributed by atoms with Crippen molar-refractivity contribution in [3.8, 4) is 11.9 Å². The van der Waals surface area contributed by atoms with Gasteiger partial charge in [-0.15, -0.1) is 0 Å². The lowest BCUT2D eigenvalue weighted by Gasteiger charge is -2.16. The topological polar surface area (TPSA) is 75.0 Å². The second-order valence-corrected chi connectivity index (χ2v) is 4.24. The smallest absolute Gasteiger partial charge is 0.256 e. The van der Waals surface area contributed by atoms with Crippen LogP contribution in [0.15, 0.2) is 18.3 Å². The molecule has 5 heteroatoms. The molecule has 1 aromatic rings. The molecule has 1 N–H and O–H groups in total. The standard InChI is InChI=1S/C12H15N3O2/c1-12(2,7-13)8-15-10(16)9-5-4-6-14-11(9)17-3/h4-6H,8H2,1-3H3,(H,15,16). The van der Waals surface area contributed by atoms with E-state index in [1.807, 2.05) is 0 Å². The molecule has 0 saturated heterocycles. The minimum Gasteiger partial charge on any atom is -0.480 e. The third-order valence-electron chi connectivity index (χ3n) is 2.20. The predicted molar refractivity (Wildman–Crippen MR) is 62.5 cm³/mol. The van der Waals surface area contributed by atoms with Gasteiger partial charge in [0, 0.05) is 12.7 Å². The van der Waals surface area contributed by atoms with E-state index >= 15 is 0 Å². The van der Waals surface area contributed by atoms with Gasteiger partial charge in [-0.2, -0.15) is 5.26 Å². The molecular weight excluding hydrogens is 218 g/mol. The summed E-state index contributed by atoms with van der Waals surface area (Å²) in [6.07, 6.45) is 1.55. The molecule has 0 unspecified atom stereocenters. The van der Waals surface area contributed by atoms with Crippen molar-refractivity contribution in [3.63, 3.8) is 0 Å². The molecule has 90 valence electrons. The Morgan fingerprint density at radius 1 is 1.65 bits per heavy atom. The Hall–Kier alpha value is -2.09. The van der Waals surface area contributed by atoms with Crippen molar-refractivity contribution < 1.29 is 9.53 Å². The van der Waals surface area contributed by atoms with Gasteiger partial charge in [0.1, 0.15) is 5.56 Å². The maximum Gasteiger partial charge on any atom is 0.256 e. The molecule has 0 saturated carbocycles. The van der Waals surface area contributed by atoms with E-state index in [1.165, 1.54) is 7.11 Å². The molecule has 0 atom stereocenters. The average molecular weight is 233 g/mol. The lowest BCUT2D eigenvalue weighted by Crippen LogP contribution is -2.33. The van der Waals surface area contributed by atoms with Gasteiger partial charge < -0.3 is 10.1 Å². The van der Waals surface area contributed by atoms with Crippen LogP contribution in [0.2, 0.25) is 0 Å². The fourth-order valence-electron chi connectivity index (χ4n) is 1.16. The van der Waals surface area contributed by atoms with Crippen LogP contribution in [0.4, 0.5) is 0 Å². The molecule has 1 rings (SSSR count). The maximum absolute atomic E-state index is 11.8. The quantitative estimate of drug-likeness (QED) is 0.852. The summed E-state index contributed by atoms with van der Waals surface area (Å²) in [6.45, 7) is 3.79. The molecule has 1 heterocycles. The highest BCUT2D eigenvalue weighted by molar-refractivity contribution is 5.96. The van der Waals surface area contributed by atoms with Crippen LogP contribution in [0.1, 0.15) is 24.2 Å². The molecule has 0 aromatic carbocycles. The molecule has 0 fully saturated rings. The van der Waals surface area contributed by atoms with E-state index in [4.69, 9.17) is 10.00 Å². The minimum absolute atomic E-state index is 0.278. The van der Waals surface area contributed by atoms with Gasteiger partial charge in [-0.25, -0.2) is 4.98 Å². The SMILES string of the molecule is COc1ncccc1C(=O)NCC(C)(C)C#N. The van der Waals surface area contributed by atoms with Gasteiger partial charge in [-0.3, -0.25) is 4.79 Å². The van der Waals surface area contributed by atoms with Gasteiger partial charge >= 0.3 is 0 Å². The second-order valence-electron chi connectivity index (χ2n) is 4.24. The molecule has 0 aliphatic rings. The molecule has 1 aromatic heterocycles. The van der Waals surface area contributed by atoms with Crippen LogP contribution in [-0.2, 0) is 0 Å². The summed E-state index contributed by atoms with van der Waals surface area (Å²) < 4.78 is 4.99. The first kappa shape index (κ1) is 13.0. The van der Waals surface area contributed by atoms with Crippen molar-refractivity contribution >= 4 is 5.91 Å². The number of carbonyl (C=O) groups excluding carboxylic acids is 1. The fourth-order valence-corrected chi connectivity index (χ4v) is 1.16. The van der Waals surface area contributed by atoms with E-state index < -0.39 is 5.41 Å². The monoisotopic (exact) mass is 233 g/mol. The lowest BCUT2D eigenvalue weighted by molar-refractivity contribution is 0.0940. The van der Waals surface area contributed by atoms with Crippen LogP contribution < -0.4 is 10.1 Å². The molecule has 0 aliphatic heterocycles. The van der Waals surface area contributed by atoms with E-state index in [2.05, 4.69) is 16.4 Å². The highest BCUT2D eigenvalue weighted by Gasteiger charge is 2.19. The number of hydrogen-bond donors (Lipinski definition) is 1. The summed E-state index contributed by atoms with van der Waals surface area (Å²) in [5, 5.41) is 11.5. The molecule has 17 heavy (non-hydrogen) atoms. The second kappa shape index (κ2) is 5.30. The summed E-state index contributed by atoms with van der Waals surface area (Å²) in [7, 11) is 1.46. The van der Waals surface area contributed by atoms with Gasteiger partial charge in [0.25, 0.3) is 5.91 Å². The number of pyridine rings is 1. The van der Waals surface area contributed by atoms with Crippen molar-refractivity contribution in [2.45, 2.75) is 13.8 Å². The van der Waals surface area contributed by atoms with E-state index in [-0.39, 0.29) is 18.3 Å². The Morgan fingerprint density at radius 2 is 2.35 bits per heavy atom. The zero-order valence-electron chi connectivity index (χ0n) is 10.2. The fraction of sp³-hybridized carbons (Fsp3) is 0.417. The van der Waals surface area contributed by atoms with E-state index in [0.29, 0.717) is 5.56 Å². The molecule has 5 nitrogen and oxygen atoms in total. The van der Waals surface area contributed by atoms with Gasteiger partial charge in [-0.05, 0) is 26.0 Å². The number of rotatable bonds is 4. The van der Waals surface area contributed by atoms with Gasteiger partial charge in [0.15, 0.2) is 0 Å². The Bertz CT molecular complexity index is 449. The lowest BCUT2D eigenvalue weighted by atomic mass is 9.96. The first-order valence-electron chi connectivity index (χ1n) is 5.18. The number of nitriles is 1. The number of nitrogens with zero attached hydrogens (tertiary/aromatic N) is 2.